The Morgan fingerprint density at radius 3 is 2.31 bits per heavy atom. The minimum Gasteiger partial charge on any atom is -0.301 e. The smallest absolute Gasteiger partial charge is 0.301 e. The number of imidazole rings is 1. The fourth-order valence-electron chi connectivity index (χ4n) is 4.11. The molecule has 9 heteroatoms. The molecule has 4 rings (SSSR count). The molecular formula is C20H31N7O2. The van der Waals surface area contributed by atoms with E-state index in [1.807, 2.05) is 9.58 Å². The Balaban J connectivity index is 1.80. The van der Waals surface area contributed by atoms with Crippen molar-refractivity contribution in [3.63, 3.8) is 0 Å². The van der Waals surface area contributed by atoms with Crippen LogP contribution < -0.4 is 16.3 Å². The largest absolute Gasteiger partial charge is 0.332 e. The number of piperidine rings is 1. The van der Waals surface area contributed by atoms with Crippen molar-refractivity contribution in [2.45, 2.75) is 46.6 Å². The Morgan fingerprint density at radius 1 is 0.966 bits per heavy atom. The second kappa shape index (κ2) is 7.12. The summed E-state index contributed by atoms with van der Waals surface area (Å²) in [6, 6.07) is 0. The Labute approximate surface area is 170 Å². The van der Waals surface area contributed by atoms with Crippen LogP contribution in [0.2, 0.25) is 0 Å². The van der Waals surface area contributed by atoms with Crippen molar-refractivity contribution < 1.29 is 0 Å². The molecule has 2 aromatic heterocycles. The molecule has 1 fully saturated rings. The average molecular weight is 402 g/mol. The van der Waals surface area contributed by atoms with Crippen molar-refractivity contribution in [2.24, 2.45) is 24.6 Å². The number of hydrazone groups is 1. The summed E-state index contributed by atoms with van der Waals surface area (Å²) < 4.78 is 4.53. The molecule has 2 aromatic rings. The van der Waals surface area contributed by atoms with E-state index in [0.29, 0.717) is 30.2 Å². The Hall–Kier alpha value is -2.42. The lowest BCUT2D eigenvalue weighted by Crippen LogP contribution is -2.41. The highest BCUT2D eigenvalue weighted by atomic mass is 16.2. The van der Waals surface area contributed by atoms with Crippen molar-refractivity contribution in [1.82, 2.24) is 23.6 Å². The number of hydrogen-bond acceptors (Lipinski definition) is 6. The third kappa shape index (κ3) is 3.41. The van der Waals surface area contributed by atoms with E-state index in [4.69, 9.17) is 10.1 Å². The van der Waals surface area contributed by atoms with Gasteiger partial charge >= 0.3 is 5.69 Å². The molecule has 1 saturated heterocycles. The molecule has 0 aromatic carbocycles. The van der Waals surface area contributed by atoms with Gasteiger partial charge in [0.1, 0.15) is 0 Å². The van der Waals surface area contributed by atoms with E-state index in [1.165, 1.54) is 30.9 Å². The molecule has 2 aliphatic heterocycles. The van der Waals surface area contributed by atoms with Gasteiger partial charge in [-0.25, -0.2) is 9.80 Å². The number of fused-ring (bicyclic) bond motifs is 3. The van der Waals surface area contributed by atoms with E-state index < -0.39 is 0 Å². The molecule has 0 bridgehead atoms. The Kier molecular flexibility index (Phi) is 4.88. The van der Waals surface area contributed by atoms with E-state index in [1.54, 1.807) is 7.05 Å². The van der Waals surface area contributed by atoms with Crippen LogP contribution in [-0.4, -0.2) is 55.5 Å². The number of rotatable bonds is 3. The van der Waals surface area contributed by atoms with Crippen LogP contribution in [0.3, 0.4) is 0 Å². The van der Waals surface area contributed by atoms with Gasteiger partial charge in [-0.15, -0.1) is 0 Å². The second-order valence-corrected chi connectivity index (χ2v) is 9.20. The third-order valence-corrected chi connectivity index (χ3v) is 6.05. The first-order valence-corrected chi connectivity index (χ1v) is 10.4. The van der Waals surface area contributed by atoms with Crippen LogP contribution >= 0.6 is 0 Å². The minimum absolute atomic E-state index is 0.135. The van der Waals surface area contributed by atoms with Crippen LogP contribution in [0, 0.1) is 5.41 Å². The van der Waals surface area contributed by atoms with Gasteiger partial charge in [0.05, 0.1) is 18.8 Å². The highest BCUT2D eigenvalue weighted by Gasteiger charge is 2.31. The zero-order valence-corrected chi connectivity index (χ0v) is 18.1. The highest BCUT2D eigenvalue weighted by molar-refractivity contribution is 5.93. The van der Waals surface area contributed by atoms with Gasteiger partial charge in [-0.05, 0) is 25.9 Å². The van der Waals surface area contributed by atoms with E-state index in [-0.39, 0.29) is 16.7 Å². The molecular weight excluding hydrogens is 370 g/mol. The molecule has 0 aliphatic carbocycles. The highest BCUT2D eigenvalue weighted by Crippen LogP contribution is 2.29. The summed E-state index contributed by atoms with van der Waals surface area (Å²) in [5.41, 5.74) is 1.07. The lowest BCUT2D eigenvalue weighted by atomic mass is 9.89. The Morgan fingerprint density at radius 2 is 1.66 bits per heavy atom. The monoisotopic (exact) mass is 401 g/mol. The van der Waals surface area contributed by atoms with E-state index in [9.17, 15) is 9.59 Å². The van der Waals surface area contributed by atoms with Gasteiger partial charge < -0.3 is 4.90 Å². The topological polar surface area (TPSA) is 80.7 Å². The molecule has 0 N–H and O–H groups in total. The first-order valence-electron chi connectivity index (χ1n) is 10.4. The summed E-state index contributed by atoms with van der Waals surface area (Å²) in [6.45, 7) is 10.7. The quantitative estimate of drug-likeness (QED) is 0.771. The molecule has 0 amide bonds. The van der Waals surface area contributed by atoms with Crippen molar-refractivity contribution in [3.8, 4) is 0 Å². The predicted octanol–water partition coefficient (Wildman–Crippen LogP) is 1.14. The second-order valence-electron chi connectivity index (χ2n) is 9.20. The van der Waals surface area contributed by atoms with Gasteiger partial charge in [-0.3, -0.25) is 18.5 Å². The number of nitrogens with zero attached hydrogens (tertiary/aromatic N) is 7. The zero-order valence-electron chi connectivity index (χ0n) is 18.1. The van der Waals surface area contributed by atoms with E-state index >= 15 is 0 Å². The molecule has 0 saturated carbocycles. The number of anilines is 1. The number of aromatic nitrogens is 4. The molecule has 9 nitrogen and oxygen atoms in total. The van der Waals surface area contributed by atoms with Crippen LogP contribution in [0.5, 0.6) is 0 Å². The number of hydrogen-bond donors (Lipinski definition) is 0. The standard InChI is InChI=1S/C20H31N7O2/c1-20(2,3)14-13-26-15-16(23(4)19(29)24(5)17(15)28)21-18(26)27(22-14)12-11-25-9-7-6-8-10-25/h6-13H2,1-5H3. The van der Waals surface area contributed by atoms with Gasteiger partial charge in [0.15, 0.2) is 11.2 Å². The van der Waals surface area contributed by atoms with Crippen LogP contribution in [0.15, 0.2) is 14.7 Å². The Bertz CT molecular complexity index is 1080. The summed E-state index contributed by atoms with van der Waals surface area (Å²) in [5, 5.41) is 6.84. The summed E-state index contributed by atoms with van der Waals surface area (Å²) in [4.78, 5) is 32.5. The molecule has 29 heavy (non-hydrogen) atoms. The first kappa shape index (κ1) is 19.9. The summed E-state index contributed by atoms with van der Waals surface area (Å²) >= 11 is 0. The molecule has 0 atom stereocenters. The van der Waals surface area contributed by atoms with Crippen molar-refractivity contribution in [3.05, 3.63) is 20.8 Å². The lowest BCUT2D eigenvalue weighted by molar-refractivity contribution is 0.233. The maximum atomic E-state index is 12.9. The van der Waals surface area contributed by atoms with Crippen molar-refractivity contribution in [2.75, 3.05) is 31.2 Å². The molecule has 158 valence electrons. The molecule has 4 heterocycles. The fourth-order valence-corrected chi connectivity index (χ4v) is 4.11. The van der Waals surface area contributed by atoms with Crippen LogP contribution in [0.4, 0.5) is 5.95 Å². The third-order valence-electron chi connectivity index (χ3n) is 6.05. The molecule has 2 aliphatic rings. The van der Waals surface area contributed by atoms with Crippen LogP contribution in [0.25, 0.3) is 11.2 Å². The minimum atomic E-state index is -0.366. The number of aryl methyl sites for hydroxylation is 1. The van der Waals surface area contributed by atoms with Crippen molar-refractivity contribution >= 4 is 22.8 Å². The van der Waals surface area contributed by atoms with Crippen LogP contribution in [0.1, 0.15) is 40.0 Å². The van der Waals surface area contributed by atoms with Gasteiger partial charge in [0, 0.05) is 26.1 Å². The van der Waals surface area contributed by atoms with Crippen LogP contribution in [-0.2, 0) is 20.6 Å². The lowest BCUT2D eigenvalue weighted by Gasteiger charge is -2.33. The van der Waals surface area contributed by atoms with Gasteiger partial charge in [0.2, 0.25) is 5.95 Å². The van der Waals surface area contributed by atoms with Crippen molar-refractivity contribution in [1.29, 1.82) is 0 Å². The normalized spacial score (nSPS) is 18.2. The van der Waals surface area contributed by atoms with Gasteiger partial charge in [-0.2, -0.15) is 10.1 Å². The van der Waals surface area contributed by atoms with Gasteiger partial charge in [-0.1, -0.05) is 27.2 Å². The summed E-state index contributed by atoms with van der Waals surface area (Å²) in [6.07, 6.45) is 3.79. The number of likely N-dealkylation sites (tertiary alicyclic amines) is 1. The SMILES string of the molecule is Cn1c(=O)c2c(nc3n2CC(C(C)(C)C)=NN3CCN2CCCCC2)n(C)c1=O. The maximum Gasteiger partial charge on any atom is 0.332 e. The van der Waals surface area contributed by atoms with Gasteiger partial charge in [0.25, 0.3) is 5.56 Å². The fraction of sp³-hybridized carbons (Fsp3) is 0.700. The zero-order chi connectivity index (χ0) is 20.9. The summed E-state index contributed by atoms with van der Waals surface area (Å²) in [7, 11) is 3.17. The predicted molar refractivity (Wildman–Crippen MR) is 115 cm³/mol. The molecule has 0 radical (unpaired) electrons. The van der Waals surface area contributed by atoms with E-state index in [2.05, 4.69) is 25.7 Å². The maximum absolute atomic E-state index is 12.9. The van der Waals surface area contributed by atoms with E-state index in [0.717, 1.165) is 29.9 Å². The average Bonchev–Trinajstić information content (AvgIpc) is 3.09. The molecule has 0 unspecified atom stereocenters. The molecule has 0 spiro atoms. The first-order chi connectivity index (χ1) is 13.7. The summed E-state index contributed by atoms with van der Waals surface area (Å²) in [5.74, 6) is 0.642.